The highest BCUT2D eigenvalue weighted by molar-refractivity contribution is 6.08. The third-order valence-electron chi connectivity index (χ3n) is 2.38. The molecular formula is C8H15B. The van der Waals surface area contributed by atoms with Crippen LogP contribution in [0, 0.1) is 11.8 Å². The Kier molecular flexibility index (Phi) is 2.62. The summed E-state index contributed by atoms with van der Waals surface area (Å²) in [5.74, 6) is 1.78. The summed E-state index contributed by atoms with van der Waals surface area (Å²) in [6.07, 6.45) is 6.49. The summed E-state index contributed by atoms with van der Waals surface area (Å²) in [6, 6.07) is 0. The van der Waals surface area contributed by atoms with Crippen molar-refractivity contribution in [1.82, 2.24) is 0 Å². The SMILES string of the molecule is [B]CC1CCCC(C)C1. The smallest absolute Gasteiger partial charge is 0.0656 e. The summed E-state index contributed by atoms with van der Waals surface area (Å²) in [4.78, 5) is 0. The molecular weight excluding hydrogens is 107 g/mol. The lowest BCUT2D eigenvalue weighted by molar-refractivity contribution is 0.301. The van der Waals surface area contributed by atoms with E-state index in [2.05, 4.69) is 6.92 Å². The van der Waals surface area contributed by atoms with Crippen molar-refractivity contribution in [1.29, 1.82) is 0 Å². The highest BCUT2D eigenvalue weighted by Crippen LogP contribution is 2.29. The largest absolute Gasteiger partial charge is 0.0859 e. The predicted octanol–water partition coefficient (Wildman–Crippen LogP) is 2.40. The van der Waals surface area contributed by atoms with E-state index < -0.39 is 0 Å². The second-order valence-electron chi connectivity index (χ2n) is 3.37. The molecule has 0 nitrogen and oxygen atoms in total. The maximum absolute atomic E-state index is 5.57. The first-order valence-corrected chi connectivity index (χ1v) is 4.03. The quantitative estimate of drug-likeness (QED) is 0.468. The Morgan fingerprint density at radius 3 is 2.67 bits per heavy atom. The molecule has 1 rings (SSSR count). The maximum Gasteiger partial charge on any atom is 0.0656 e. The molecule has 1 saturated carbocycles. The molecule has 50 valence electrons. The molecule has 0 aromatic carbocycles. The first-order chi connectivity index (χ1) is 4.33. The van der Waals surface area contributed by atoms with Gasteiger partial charge in [-0.25, -0.2) is 0 Å². The van der Waals surface area contributed by atoms with Crippen LogP contribution < -0.4 is 0 Å². The Morgan fingerprint density at radius 1 is 1.44 bits per heavy atom. The first-order valence-electron chi connectivity index (χ1n) is 4.03. The van der Waals surface area contributed by atoms with Crippen molar-refractivity contribution in [3.05, 3.63) is 0 Å². The van der Waals surface area contributed by atoms with Crippen molar-refractivity contribution in [2.75, 3.05) is 0 Å². The van der Waals surface area contributed by atoms with Crippen LogP contribution in [0.5, 0.6) is 0 Å². The van der Waals surface area contributed by atoms with E-state index in [1.54, 1.807) is 0 Å². The van der Waals surface area contributed by atoms with Crippen molar-refractivity contribution in [3.8, 4) is 0 Å². The molecule has 0 aromatic rings. The van der Waals surface area contributed by atoms with Crippen LogP contribution in [-0.4, -0.2) is 7.85 Å². The van der Waals surface area contributed by atoms with Crippen molar-refractivity contribution >= 4 is 7.85 Å². The Labute approximate surface area is 59.4 Å². The molecule has 0 aromatic heterocycles. The summed E-state index contributed by atoms with van der Waals surface area (Å²) in [5.41, 5.74) is 0. The second-order valence-corrected chi connectivity index (χ2v) is 3.37. The zero-order valence-corrected chi connectivity index (χ0v) is 6.27. The summed E-state index contributed by atoms with van der Waals surface area (Å²) >= 11 is 0. The molecule has 0 heterocycles. The molecule has 2 atom stereocenters. The lowest BCUT2D eigenvalue weighted by Crippen LogP contribution is -2.12. The van der Waals surface area contributed by atoms with Gasteiger partial charge in [-0.05, 0) is 18.3 Å². The third kappa shape index (κ3) is 2.04. The van der Waals surface area contributed by atoms with Gasteiger partial charge < -0.3 is 0 Å². The highest BCUT2D eigenvalue weighted by atomic mass is 14.2. The molecule has 9 heavy (non-hydrogen) atoms. The lowest BCUT2D eigenvalue weighted by atomic mass is 9.76. The van der Waals surface area contributed by atoms with Gasteiger partial charge >= 0.3 is 0 Å². The monoisotopic (exact) mass is 122 g/mol. The van der Waals surface area contributed by atoms with Crippen LogP contribution in [0.25, 0.3) is 0 Å². The van der Waals surface area contributed by atoms with Gasteiger partial charge in [0.25, 0.3) is 0 Å². The molecule has 0 spiro atoms. The van der Waals surface area contributed by atoms with E-state index in [1.807, 2.05) is 0 Å². The molecule has 2 radical (unpaired) electrons. The van der Waals surface area contributed by atoms with E-state index >= 15 is 0 Å². The van der Waals surface area contributed by atoms with Crippen LogP contribution >= 0.6 is 0 Å². The normalized spacial score (nSPS) is 36.6. The van der Waals surface area contributed by atoms with Crippen LogP contribution in [0.3, 0.4) is 0 Å². The Bertz CT molecular complexity index is 80.6. The van der Waals surface area contributed by atoms with E-state index in [4.69, 9.17) is 7.85 Å². The number of hydrogen-bond acceptors (Lipinski definition) is 0. The second kappa shape index (κ2) is 3.29. The molecule has 2 unspecified atom stereocenters. The fourth-order valence-electron chi connectivity index (χ4n) is 1.77. The zero-order chi connectivity index (χ0) is 6.69. The summed E-state index contributed by atoms with van der Waals surface area (Å²) in [7, 11) is 5.57. The average molecular weight is 122 g/mol. The molecule has 1 fully saturated rings. The molecule has 0 N–H and O–H groups in total. The minimum atomic E-state index is 0.841. The Morgan fingerprint density at radius 2 is 2.22 bits per heavy atom. The van der Waals surface area contributed by atoms with Gasteiger partial charge in [0.05, 0.1) is 7.85 Å². The fraction of sp³-hybridized carbons (Fsp3) is 1.00. The molecule has 0 saturated heterocycles. The van der Waals surface area contributed by atoms with Crippen LogP contribution in [0.2, 0.25) is 6.32 Å². The fourth-order valence-corrected chi connectivity index (χ4v) is 1.77. The van der Waals surface area contributed by atoms with E-state index in [0.29, 0.717) is 0 Å². The van der Waals surface area contributed by atoms with E-state index in [1.165, 1.54) is 25.7 Å². The van der Waals surface area contributed by atoms with Gasteiger partial charge in [0.1, 0.15) is 0 Å². The van der Waals surface area contributed by atoms with Gasteiger partial charge in [-0.2, -0.15) is 0 Å². The predicted molar refractivity (Wildman–Crippen MR) is 41.7 cm³/mol. The van der Waals surface area contributed by atoms with Crippen molar-refractivity contribution < 1.29 is 0 Å². The summed E-state index contributed by atoms with van der Waals surface area (Å²) in [5, 5.41) is 0. The van der Waals surface area contributed by atoms with Crippen molar-refractivity contribution in [2.24, 2.45) is 11.8 Å². The molecule has 1 heteroatoms. The van der Waals surface area contributed by atoms with Gasteiger partial charge in [0.2, 0.25) is 0 Å². The van der Waals surface area contributed by atoms with E-state index in [-0.39, 0.29) is 0 Å². The average Bonchev–Trinajstić information content (AvgIpc) is 1.88. The van der Waals surface area contributed by atoms with Crippen LogP contribution in [0.4, 0.5) is 0 Å². The molecule has 1 aliphatic rings. The zero-order valence-electron chi connectivity index (χ0n) is 6.27. The third-order valence-corrected chi connectivity index (χ3v) is 2.38. The minimum absolute atomic E-state index is 0.841. The number of hydrogen-bond donors (Lipinski definition) is 0. The minimum Gasteiger partial charge on any atom is -0.0859 e. The topological polar surface area (TPSA) is 0 Å². The maximum atomic E-state index is 5.57. The summed E-state index contributed by atoms with van der Waals surface area (Å²) < 4.78 is 0. The van der Waals surface area contributed by atoms with Gasteiger partial charge in [-0.3, -0.25) is 0 Å². The van der Waals surface area contributed by atoms with E-state index in [9.17, 15) is 0 Å². The highest BCUT2D eigenvalue weighted by Gasteiger charge is 2.15. The van der Waals surface area contributed by atoms with E-state index in [0.717, 1.165) is 18.2 Å². The molecule has 1 aliphatic carbocycles. The number of rotatable bonds is 1. The Balaban J connectivity index is 2.23. The van der Waals surface area contributed by atoms with Crippen molar-refractivity contribution in [2.45, 2.75) is 38.9 Å². The molecule has 0 amide bonds. The molecule has 0 aliphatic heterocycles. The standard InChI is InChI=1S/C8H15B/c1-7-3-2-4-8(5-7)6-9/h7-8H,2-6H2,1H3. The van der Waals surface area contributed by atoms with Gasteiger partial charge in [0.15, 0.2) is 0 Å². The van der Waals surface area contributed by atoms with Gasteiger partial charge in [-0.15, -0.1) is 0 Å². The summed E-state index contributed by atoms with van der Waals surface area (Å²) in [6.45, 7) is 2.34. The first kappa shape index (κ1) is 7.18. The lowest BCUT2D eigenvalue weighted by Gasteiger charge is -2.25. The van der Waals surface area contributed by atoms with Crippen LogP contribution in [0.1, 0.15) is 32.6 Å². The van der Waals surface area contributed by atoms with Gasteiger partial charge in [0, 0.05) is 0 Å². The van der Waals surface area contributed by atoms with Crippen LogP contribution in [-0.2, 0) is 0 Å². The Hall–Kier alpha value is 0.0649. The van der Waals surface area contributed by atoms with Gasteiger partial charge in [-0.1, -0.05) is 32.5 Å². The van der Waals surface area contributed by atoms with Crippen molar-refractivity contribution in [3.63, 3.8) is 0 Å². The molecule has 0 bridgehead atoms. The van der Waals surface area contributed by atoms with Crippen LogP contribution in [0.15, 0.2) is 0 Å².